The van der Waals surface area contributed by atoms with E-state index >= 15 is 0 Å². The fourth-order valence-electron chi connectivity index (χ4n) is 2.35. The van der Waals surface area contributed by atoms with Crippen molar-refractivity contribution in [2.45, 2.75) is 25.8 Å². The standard InChI is InChI=1S/C15H22N2O2/c1-11(7-8-19-2)17-15(18)13-9-12-5-3-4-6-14(12)16-10-13/h3-6,11,13,16H,7-10H2,1-2H3,(H,17,18). The lowest BCUT2D eigenvalue weighted by atomic mass is 9.93. The number of benzene rings is 1. The normalized spacial score (nSPS) is 19.2. The molecule has 4 nitrogen and oxygen atoms in total. The van der Waals surface area contributed by atoms with Gasteiger partial charge in [0.2, 0.25) is 5.91 Å². The molecule has 0 aliphatic carbocycles. The second-order valence-corrected chi connectivity index (χ2v) is 5.13. The average molecular weight is 262 g/mol. The molecule has 1 heterocycles. The molecule has 0 saturated carbocycles. The summed E-state index contributed by atoms with van der Waals surface area (Å²) in [5.74, 6) is 0.144. The highest BCUT2D eigenvalue weighted by Crippen LogP contribution is 2.24. The molecule has 2 N–H and O–H groups in total. The Bertz CT molecular complexity index is 434. The molecule has 0 spiro atoms. The van der Waals surface area contributed by atoms with Gasteiger partial charge in [-0.3, -0.25) is 4.79 Å². The van der Waals surface area contributed by atoms with Crippen molar-refractivity contribution in [2.24, 2.45) is 5.92 Å². The molecule has 4 heteroatoms. The van der Waals surface area contributed by atoms with E-state index in [9.17, 15) is 4.79 Å². The zero-order valence-corrected chi connectivity index (χ0v) is 11.6. The van der Waals surface area contributed by atoms with Crippen LogP contribution in [0.15, 0.2) is 24.3 Å². The van der Waals surface area contributed by atoms with Crippen LogP contribution in [0.3, 0.4) is 0 Å². The molecule has 0 saturated heterocycles. The van der Waals surface area contributed by atoms with Crippen molar-refractivity contribution < 1.29 is 9.53 Å². The highest BCUT2D eigenvalue weighted by Gasteiger charge is 2.24. The quantitative estimate of drug-likeness (QED) is 0.851. The van der Waals surface area contributed by atoms with Crippen LogP contribution in [0.2, 0.25) is 0 Å². The number of para-hydroxylation sites is 1. The number of carbonyl (C=O) groups excluding carboxylic acids is 1. The van der Waals surface area contributed by atoms with Gasteiger partial charge in [0.15, 0.2) is 0 Å². The Kier molecular flexibility index (Phi) is 4.80. The van der Waals surface area contributed by atoms with Crippen LogP contribution in [0, 0.1) is 5.92 Å². The molecule has 1 aliphatic heterocycles. The highest BCUT2D eigenvalue weighted by atomic mass is 16.5. The van der Waals surface area contributed by atoms with Crippen molar-refractivity contribution in [3.05, 3.63) is 29.8 Å². The van der Waals surface area contributed by atoms with E-state index in [2.05, 4.69) is 22.8 Å². The molecule has 1 aromatic carbocycles. The SMILES string of the molecule is COCCC(C)NC(=O)C1CNc2ccccc2C1. The molecule has 2 rings (SSSR count). The number of carbonyl (C=O) groups is 1. The third kappa shape index (κ3) is 3.70. The fraction of sp³-hybridized carbons (Fsp3) is 0.533. The molecule has 1 amide bonds. The monoisotopic (exact) mass is 262 g/mol. The Morgan fingerprint density at radius 3 is 3.11 bits per heavy atom. The zero-order valence-electron chi connectivity index (χ0n) is 11.6. The molecule has 0 fully saturated rings. The first-order valence-corrected chi connectivity index (χ1v) is 6.81. The summed E-state index contributed by atoms with van der Waals surface area (Å²) in [6, 6.07) is 8.33. The fourth-order valence-corrected chi connectivity index (χ4v) is 2.35. The molecule has 0 aromatic heterocycles. The van der Waals surface area contributed by atoms with Gasteiger partial charge in [0.1, 0.15) is 0 Å². The van der Waals surface area contributed by atoms with Crippen molar-refractivity contribution >= 4 is 11.6 Å². The van der Waals surface area contributed by atoms with Crippen molar-refractivity contribution in [3.63, 3.8) is 0 Å². The second-order valence-electron chi connectivity index (χ2n) is 5.13. The second kappa shape index (κ2) is 6.57. The lowest BCUT2D eigenvalue weighted by molar-refractivity contribution is -0.125. The van der Waals surface area contributed by atoms with Gasteiger partial charge in [0.25, 0.3) is 0 Å². The number of nitrogens with one attached hydrogen (secondary N) is 2. The molecule has 1 aliphatic rings. The van der Waals surface area contributed by atoms with E-state index in [1.54, 1.807) is 7.11 Å². The van der Waals surface area contributed by atoms with E-state index in [1.165, 1.54) is 5.56 Å². The molecule has 2 unspecified atom stereocenters. The Morgan fingerprint density at radius 1 is 1.53 bits per heavy atom. The molecule has 104 valence electrons. The van der Waals surface area contributed by atoms with E-state index < -0.39 is 0 Å². The summed E-state index contributed by atoms with van der Waals surface area (Å²) in [6.07, 6.45) is 1.66. The minimum atomic E-state index is 0.0138. The van der Waals surface area contributed by atoms with Gasteiger partial charge in [-0.25, -0.2) is 0 Å². The third-order valence-corrected chi connectivity index (χ3v) is 3.54. The largest absolute Gasteiger partial charge is 0.385 e. The van der Waals surface area contributed by atoms with Crippen LogP contribution in [-0.2, 0) is 16.0 Å². The number of methoxy groups -OCH3 is 1. The summed E-state index contributed by atoms with van der Waals surface area (Å²) in [5.41, 5.74) is 2.37. The Morgan fingerprint density at radius 2 is 2.32 bits per heavy atom. The van der Waals surface area contributed by atoms with Crippen molar-refractivity contribution in [1.82, 2.24) is 5.32 Å². The molecule has 1 aromatic rings. The maximum Gasteiger partial charge on any atom is 0.225 e. The number of rotatable bonds is 5. The van der Waals surface area contributed by atoms with E-state index in [-0.39, 0.29) is 17.9 Å². The molecular formula is C15H22N2O2. The highest BCUT2D eigenvalue weighted by molar-refractivity contribution is 5.81. The van der Waals surface area contributed by atoms with Crippen LogP contribution >= 0.6 is 0 Å². The molecular weight excluding hydrogens is 240 g/mol. The van der Waals surface area contributed by atoms with Gasteiger partial charge < -0.3 is 15.4 Å². The van der Waals surface area contributed by atoms with Crippen molar-refractivity contribution in [3.8, 4) is 0 Å². The van der Waals surface area contributed by atoms with Crippen LogP contribution < -0.4 is 10.6 Å². The predicted molar refractivity (Wildman–Crippen MR) is 76.2 cm³/mol. The van der Waals surface area contributed by atoms with Crippen molar-refractivity contribution in [1.29, 1.82) is 0 Å². The number of fused-ring (bicyclic) bond motifs is 1. The third-order valence-electron chi connectivity index (χ3n) is 3.54. The first-order chi connectivity index (χ1) is 9.20. The number of hydrogen-bond acceptors (Lipinski definition) is 3. The summed E-state index contributed by atoms with van der Waals surface area (Å²) in [6.45, 7) is 3.40. The number of anilines is 1. The lowest BCUT2D eigenvalue weighted by Gasteiger charge is -2.26. The first-order valence-electron chi connectivity index (χ1n) is 6.81. The van der Waals surface area contributed by atoms with E-state index in [4.69, 9.17) is 4.74 Å². The van der Waals surface area contributed by atoms with Gasteiger partial charge >= 0.3 is 0 Å². The van der Waals surface area contributed by atoms with Crippen LogP contribution in [0.5, 0.6) is 0 Å². The predicted octanol–water partition coefficient (Wildman–Crippen LogP) is 1.81. The van der Waals surface area contributed by atoms with Crippen LogP contribution in [0.4, 0.5) is 5.69 Å². The van der Waals surface area contributed by atoms with Crippen LogP contribution in [-0.4, -0.2) is 32.2 Å². The summed E-state index contributed by atoms with van der Waals surface area (Å²) in [4.78, 5) is 12.2. The van der Waals surface area contributed by atoms with E-state index in [0.29, 0.717) is 13.2 Å². The zero-order chi connectivity index (χ0) is 13.7. The average Bonchev–Trinajstić information content (AvgIpc) is 2.44. The van der Waals surface area contributed by atoms with Crippen LogP contribution in [0.25, 0.3) is 0 Å². The number of amides is 1. The van der Waals surface area contributed by atoms with Crippen molar-refractivity contribution in [2.75, 3.05) is 25.6 Å². The minimum Gasteiger partial charge on any atom is -0.385 e. The Labute approximate surface area is 114 Å². The van der Waals surface area contributed by atoms with Gasteiger partial charge in [-0.1, -0.05) is 18.2 Å². The van der Waals surface area contributed by atoms with E-state index in [1.807, 2.05) is 19.1 Å². The maximum atomic E-state index is 12.2. The van der Waals surface area contributed by atoms with Gasteiger partial charge in [-0.15, -0.1) is 0 Å². The summed E-state index contributed by atoms with van der Waals surface area (Å²) in [7, 11) is 1.68. The first kappa shape index (κ1) is 13.9. The van der Waals surface area contributed by atoms with Gasteiger partial charge in [-0.05, 0) is 31.4 Å². The van der Waals surface area contributed by atoms with Crippen LogP contribution in [0.1, 0.15) is 18.9 Å². The Balaban J connectivity index is 1.88. The van der Waals surface area contributed by atoms with Gasteiger partial charge in [-0.2, -0.15) is 0 Å². The Hall–Kier alpha value is -1.55. The summed E-state index contributed by atoms with van der Waals surface area (Å²) >= 11 is 0. The molecule has 19 heavy (non-hydrogen) atoms. The minimum absolute atomic E-state index is 0.0138. The van der Waals surface area contributed by atoms with E-state index in [0.717, 1.165) is 18.5 Å². The molecule has 2 atom stereocenters. The summed E-state index contributed by atoms with van der Waals surface area (Å²) < 4.78 is 5.02. The smallest absolute Gasteiger partial charge is 0.225 e. The molecule has 0 radical (unpaired) electrons. The molecule has 0 bridgehead atoms. The van der Waals surface area contributed by atoms with Gasteiger partial charge in [0.05, 0.1) is 5.92 Å². The summed E-state index contributed by atoms with van der Waals surface area (Å²) in [5, 5.41) is 6.38. The lowest BCUT2D eigenvalue weighted by Crippen LogP contribution is -2.42. The number of ether oxygens (including phenoxy) is 1. The van der Waals surface area contributed by atoms with Gasteiger partial charge in [0, 0.05) is 32.0 Å². The topological polar surface area (TPSA) is 50.4 Å². The number of hydrogen-bond donors (Lipinski definition) is 2. The maximum absolute atomic E-state index is 12.2.